The number of hydrogen-bond donors (Lipinski definition) is 8. The summed E-state index contributed by atoms with van der Waals surface area (Å²) in [5.74, 6) is -3.48. The number of nitrogens with two attached hydrogens (primary N) is 1. The second kappa shape index (κ2) is 14.5. The van der Waals surface area contributed by atoms with Crippen LogP contribution in [0.25, 0.3) is 21.8 Å². The van der Waals surface area contributed by atoms with E-state index in [0.717, 1.165) is 32.9 Å². The van der Waals surface area contributed by atoms with Crippen molar-refractivity contribution < 1.29 is 29.4 Å². The number of nitrogens with one attached hydrogen (secondary N) is 5. The van der Waals surface area contributed by atoms with Crippen LogP contribution in [0.15, 0.2) is 91.3 Å². The maximum atomic E-state index is 13.7. The van der Waals surface area contributed by atoms with Crippen molar-refractivity contribution in [3.05, 3.63) is 108 Å². The summed E-state index contributed by atoms with van der Waals surface area (Å²) in [5.41, 5.74) is 10.3. The van der Waals surface area contributed by atoms with Crippen LogP contribution in [0.2, 0.25) is 0 Å². The molecule has 0 bridgehead atoms. The second-order valence-electron chi connectivity index (χ2n) is 11.1. The first-order chi connectivity index (χ1) is 22.2. The number of aliphatic hydroxyl groups excluding tert-OH is 1. The van der Waals surface area contributed by atoms with E-state index < -0.39 is 54.5 Å². The molecule has 0 saturated heterocycles. The van der Waals surface area contributed by atoms with Gasteiger partial charge in [0.2, 0.25) is 17.7 Å². The molecule has 0 aliphatic heterocycles. The molecule has 238 valence electrons. The molecule has 12 heteroatoms. The number of aliphatic carboxylic acids is 1. The number of aliphatic hydroxyl groups is 1. The van der Waals surface area contributed by atoms with Gasteiger partial charge in [-0.05, 0) is 35.2 Å². The normalized spacial score (nSPS) is 13.9. The number of amides is 3. The van der Waals surface area contributed by atoms with Crippen LogP contribution in [0.1, 0.15) is 16.7 Å². The van der Waals surface area contributed by atoms with E-state index in [1.54, 1.807) is 42.7 Å². The molecule has 2 aromatic heterocycles. The molecule has 9 N–H and O–H groups in total. The van der Waals surface area contributed by atoms with Gasteiger partial charge in [-0.3, -0.25) is 14.4 Å². The highest BCUT2D eigenvalue weighted by atomic mass is 16.4. The number of rotatable bonds is 14. The summed E-state index contributed by atoms with van der Waals surface area (Å²) in [4.78, 5) is 58.3. The maximum absolute atomic E-state index is 13.7. The molecule has 0 aliphatic rings. The molecule has 3 aromatic carbocycles. The van der Waals surface area contributed by atoms with E-state index in [1.165, 1.54) is 0 Å². The second-order valence-corrected chi connectivity index (χ2v) is 11.1. The van der Waals surface area contributed by atoms with Gasteiger partial charge in [0.05, 0.1) is 12.6 Å². The number of aromatic nitrogens is 2. The van der Waals surface area contributed by atoms with Crippen molar-refractivity contribution in [3.63, 3.8) is 0 Å². The quantitative estimate of drug-likeness (QED) is 0.0915. The molecule has 4 unspecified atom stereocenters. The Labute approximate surface area is 264 Å². The first-order valence-electron chi connectivity index (χ1n) is 14.9. The van der Waals surface area contributed by atoms with Gasteiger partial charge in [-0.2, -0.15) is 0 Å². The smallest absolute Gasteiger partial charge is 0.326 e. The zero-order valence-corrected chi connectivity index (χ0v) is 24.9. The lowest BCUT2D eigenvalue weighted by atomic mass is 10.0. The van der Waals surface area contributed by atoms with E-state index in [0.29, 0.717) is 5.56 Å². The van der Waals surface area contributed by atoms with Crippen molar-refractivity contribution in [2.75, 3.05) is 6.61 Å². The highest BCUT2D eigenvalue weighted by Gasteiger charge is 2.31. The van der Waals surface area contributed by atoms with Gasteiger partial charge in [0.25, 0.3) is 0 Å². The van der Waals surface area contributed by atoms with Gasteiger partial charge in [-0.25, -0.2) is 4.79 Å². The molecule has 0 saturated carbocycles. The fraction of sp³-hybridized carbons (Fsp3) is 0.235. The number of H-pyrrole nitrogens is 2. The summed E-state index contributed by atoms with van der Waals surface area (Å²) < 4.78 is 0. The summed E-state index contributed by atoms with van der Waals surface area (Å²) in [6.45, 7) is -0.803. The van der Waals surface area contributed by atoms with Crippen molar-refractivity contribution >= 4 is 45.5 Å². The fourth-order valence-corrected chi connectivity index (χ4v) is 5.43. The molecule has 0 aliphatic carbocycles. The fourth-order valence-electron chi connectivity index (χ4n) is 5.43. The largest absolute Gasteiger partial charge is 0.480 e. The van der Waals surface area contributed by atoms with Crippen molar-refractivity contribution in [1.29, 1.82) is 0 Å². The van der Waals surface area contributed by atoms with Gasteiger partial charge >= 0.3 is 5.97 Å². The molecule has 3 amide bonds. The molecule has 46 heavy (non-hydrogen) atoms. The lowest BCUT2D eigenvalue weighted by Gasteiger charge is -2.24. The summed E-state index contributed by atoms with van der Waals surface area (Å²) in [6, 6.07) is 18.9. The van der Waals surface area contributed by atoms with Crippen LogP contribution in [-0.4, -0.2) is 74.6 Å². The minimum Gasteiger partial charge on any atom is -0.480 e. The third-order valence-corrected chi connectivity index (χ3v) is 7.90. The molecule has 0 radical (unpaired) electrons. The Kier molecular flexibility index (Phi) is 10.1. The first-order valence-corrected chi connectivity index (χ1v) is 14.9. The summed E-state index contributed by atoms with van der Waals surface area (Å²) in [7, 11) is 0. The summed E-state index contributed by atoms with van der Waals surface area (Å²) in [6.07, 6.45) is 3.78. The van der Waals surface area contributed by atoms with Crippen LogP contribution in [0.5, 0.6) is 0 Å². The number of carboxylic acids is 1. The lowest BCUT2D eigenvalue weighted by molar-refractivity contribution is -0.142. The number of carboxylic acid groups (broad SMARTS) is 1. The van der Waals surface area contributed by atoms with Crippen molar-refractivity contribution in [2.45, 2.75) is 43.4 Å². The van der Waals surface area contributed by atoms with Crippen LogP contribution in [0, 0.1) is 0 Å². The van der Waals surface area contributed by atoms with Crippen LogP contribution < -0.4 is 21.7 Å². The number of aromatic amines is 2. The number of fused-ring (bicyclic) bond motifs is 2. The number of carbonyl (C=O) groups excluding carboxylic acids is 3. The Morgan fingerprint density at radius 1 is 0.630 bits per heavy atom. The third kappa shape index (κ3) is 7.60. The van der Waals surface area contributed by atoms with E-state index in [2.05, 4.69) is 25.9 Å². The summed E-state index contributed by atoms with van der Waals surface area (Å²) >= 11 is 0. The van der Waals surface area contributed by atoms with Crippen molar-refractivity contribution in [3.8, 4) is 0 Å². The Bertz CT molecular complexity index is 1830. The topological polar surface area (TPSA) is 202 Å². The number of para-hydroxylation sites is 2. The van der Waals surface area contributed by atoms with Crippen LogP contribution in [0.3, 0.4) is 0 Å². The monoisotopic (exact) mass is 624 g/mol. The van der Waals surface area contributed by atoms with Crippen molar-refractivity contribution in [2.24, 2.45) is 5.73 Å². The molecule has 12 nitrogen and oxygen atoms in total. The van der Waals surface area contributed by atoms with Crippen LogP contribution in [0.4, 0.5) is 0 Å². The minimum absolute atomic E-state index is 0.00156. The number of carbonyl (C=O) groups is 4. The molecule has 4 atom stereocenters. The van der Waals surface area contributed by atoms with Gasteiger partial charge in [0.1, 0.15) is 18.1 Å². The standard InChI is InChI=1S/C34H36N6O6/c35-25(15-21-17-36-26-12-6-4-10-23(21)26)31(42)38-28(16-22-18-37-27-13-7-5-11-24(22)27)32(43)40-30(19-41)33(44)39-29(34(45)46)14-20-8-2-1-3-9-20/h1-13,17-18,25,28-30,36-37,41H,14-16,19,35H2,(H,38,42)(H,39,44)(H,40,43)(H,45,46). The van der Waals surface area contributed by atoms with Gasteiger partial charge in [0, 0.05) is 47.0 Å². The van der Waals surface area contributed by atoms with Crippen molar-refractivity contribution in [1.82, 2.24) is 25.9 Å². The predicted octanol–water partition coefficient (Wildman–Crippen LogP) is 1.54. The molecular formula is C34H36N6O6. The molecule has 2 heterocycles. The zero-order valence-electron chi connectivity index (χ0n) is 24.9. The molecule has 5 aromatic rings. The molecule has 5 rings (SSSR count). The van der Waals surface area contributed by atoms with Gasteiger partial charge in [-0.15, -0.1) is 0 Å². The minimum atomic E-state index is -1.48. The average Bonchev–Trinajstić information content (AvgIpc) is 3.67. The number of benzene rings is 3. The van der Waals surface area contributed by atoms with Gasteiger partial charge in [-0.1, -0.05) is 66.7 Å². The van der Waals surface area contributed by atoms with E-state index in [9.17, 15) is 29.4 Å². The SMILES string of the molecule is NC(Cc1c[nH]c2ccccc12)C(=O)NC(Cc1c[nH]c2ccccc12)C(=O)NC(CO)C(=O)NC(Cc1ccccc1)C(=O)O. The highest BCUT2D eigenvalue weighted by molar-refractivity contribution is 5.95. The average molecular weight is 625 g/mol. The third-order valence-electron chi connectivity index (χ3n) is 7.90. The number of hydrogen-bond acceptors (Lipinski definition) is 6. The van der Waals surface area contributed by atoms with Gasteiger partial charge in [0.15, 0.2) is 0 Å². The lowest BCUT2D eigenvalue weighted by Crippen LogP contribution is -2.58. The molecule has 0 fully saturated rings. The zero-order chi connectivity index (χ0) is 32.6. The van der Waals surface area contributed by atoms with Crippen LogP contribution >= 0.6 is 0 Å². The Morgan fingerprint density at radius 3 is 1.72 bits per heavy atom. The first kappa shape index (κ1) is 31.9. The van der Waals surface area contributed by atoms with E-state index in [-0.39, 0.29) is 19.3 Å². The Morgan fingerprint density at radius 2 is 1.13 bits per heavy atom. The van der Waals surface area contributed by atoms with E-state index in [4.69, 9.17) is 5.73 Å². The highest BCUT2D eigenvalue weighted by Crippen LogP contribution is 2.21. The Balaban J connectivity index is 1.31. The Hall–Kier alpha value is -5.46. The van der Waals surface area contributed by atoms with E-state index >= 15 is 0 Å². The van der Waals surface area contributed by atoms with E-state index in [1.807, 2.05) is 48.5 Å². The maximum Gasteiger partial charge on any atom is 0.326 e. The molecular weight excluding hydrogens is 588 g/mol. The van der Waals surface area contributed by atoms with Gasteiger partial charge < -0.3 is 41.9 Å². The predicted molar refractivity (Wildman–Crippen MR) is 173 cm³/mol. The molecule has 0 spiro atoms. The summed E-state index contributed by atoms with van der Waals surface area (Å²) in [5, 5.41) is 29.1. The van der Waals surface area contributed by atoms with Crippen LogP contribution in [-0.2, 0) is 38.4 Å².